The van der Waals surface area contributed by atoms with Crippen LogP contribution in [0.15, 0.2) is 58.3 Å². The average molecular weight is 480 g/mol. The first-order valence-electron chi connectivity index (χ1n) is 10.5. The Kier molecular flexibility index (Phi) is 7.71. The van der Waals surface area contributed by atoms with Crippen molar-refractivity contribution < 1.29 is 21.6 Å². The summed E-state index contributed by atoms with van der Waals surface area (Å²) in [5.74, 6) is -0.477. The topological polar surface area (TPSA) is 104 Å². The maximum atomic E-state index is 13.0. The van der Waals surface area contributed by atoms with Gasteiger partial charge < -0.3 is 5.32 Å². The molecule has 174 valence electrons. The molecule has 1 amide bonds. The van der Waals surface area contributed by atoms with Crippen molar-refractivity contribution in [2.45, 2.75) is 42.0 Å². The molecule has 2 aromatic rings. The molecule has 32 heavy (non-hydrogen) atoms. The van der Waals surface area contributed by atoms with Crippen LogP contribution in [0.5, 0.6) is 0 Å². The van der Waals surface area contributed by atoms with Gasteiger partial charge in [0.1, 0.15) is 0 Å². The quantitative estimate of drug-likeness (QED) is 0.657. The SMILES string of the molecule is CN(C)S(=O)(=O)c1ccccc1CNC(=O)c1cccc(S(=O)(=O)N2CCCCCC2)c1. The number of carbonyl (C=O) groups excluding carboxylic acids is 1. The number of nitrogens with one attached hydrogen (secondary N) is 1. The summed E-state index contributed by atoms with van der Waals surface area (Å²) in [6, 6.07) is 12.4. The Bertz CT molecular complexity index is 1170. The first-order chi connectivity index (χ1) is 15.1. The Morgan fingerprint density at radius 3 is 2.25 bits per heavy atom. The number of carbonyl (C=O) groups is 1. The second kappa shape index (κ2) is 10.1. The van der Waals surface area contributed by atoms with Crippen molar-refractivity contribution in [3.63, 3.8) is 0 Å². The van der Waals surface area contributed by atoms with E-state index in [0.717, 1.165) is 30.0 Å². The molecule has 1 N–H and O–H groups in total. The fraction of sp³-hybridized carbons (Fsp3) is 0.409. The van der Waals surface area contributed by atoms with Gasteiger partial charge in [0.15, 0.2) is 0 Å². The normalized spacial score (nSPS) is 16.0. The van der Waals surface area contributed by atoms with Crippen LogP contribution in [0, 0.1) is 0 Å². The van der Waals surface area contributed by atoms with Crippen LogP contribution in [0.25, 0.3) is 0 Å². The van der Waals surface area contributed by atoms with Crippen molar-refractivity contribution in [3.8, 4) is 0 Å². The molecule has 0 spiro atoms. The van der Waals surface area contributed by atoms with Gasteiger partial charge in [-0.25, -0.2) is 21.1 Å². The van der Waals surface area contributed by atoms with E-state index in [4.69, 9.17) is 0 Å². The monoisotopic (exact) mass is 479 g/mol. The van der Waals surface area contributed by atoms with Crippen molar-refractivity contribution in [1.29, 1.82) is 0 Å². The molecule has 0 saturated carbocycles. The summed E-state index contributed by atoms with van der Waals surface area (Å²) in [7, 11) is -4.45. The molecule has 2 aromatic carbocycles. The number of benzene rings is 2. The first-order valence-corrected chi connectivity index (χ1v) is 13.4. The lowest BCUT2D eigenvalue weighted by molar-refractivity contribution is 0.0950. The van der Waals surface area contributed by atoms with Crippen LogP contribution in [-0.4, -0.2) is 58.5 Å². The van der Waals surface area contributed by atoms with Crippen molar-refractivity contribution in [2.24, 2.45) is 0 Å². The number of hydrogen-bond donors (Lipinski definition) is 1. The van der Waals surface area contributed by atoms with E-state index < -0.39 is 26.0 Å². The highest BCUT2D eigenvalue weighted by Gasteiger charge is 2.26. The van der Waals surface area contributed by atoms with Gasteiger partial charge in [-0.15, -0.1) is 0 Å². The minimum Gasteiger partial charge on any atom is -0.348 e. The van der Waals surface area contributed by atoms with Crippen LogP contribution < -0.4 is 5.32 Å². The van der Waals surface area contributed by atoms with Crippen LogP contribution in [0.4, 0.5) is 0 Å². The minimum atomic E-state index is -3.68. The molecule has 1 saturated heterocycles. The molecule has 1 fully saturated rings. The Morgan fingerprint density at radius 2 is 1.59 bits per heavy atom. The van der Waals surface area contributed by atoms with Gasteiger partial charge in [-0.05, 0) is 42.7 Å². The van der Waals surface area contributed by atoms with E-state index in [1.165, 1.54) is 36.6 Å². The van der Waals surface area contributed by atoms with Gasteiger partial charge in [0.25, 0.3) is 5.91 Å². The lowest BCUT2D eigenvalue weighted by atomic mass is 10.2. The van der Waals surface area contributed by atoms with Crippen molar-refractivity contribution >= 4 is 26.0 Å². The highest BCUT2D eigenvalue weighted by atomic mass is 32.2. The third-order valence-corrected chi connectivity index (χ3v) is 9.28. The molecule has 0 radical (unpaired) electrons. The first kappa shape index (κ1) is 24.4. The number of amides is 1. The van der Waals surface area contributed by atoms with Gasteiger partial charge >= 0.3 is 0 Å². The van der Waals surface area contributed by atoms with Crippen LogP contribution >= 0.6 is 0 Å². The molecule has 10 heteroatoms. The highest BCUT2D eigenvalue weighted by molar-refractivity contribution is 7.89. The summed E-state index contributed by atoms with van der Waals surface area (Å²) in [4.78, 5) is 12.9. The van der Waals surface area contributed by atoms with Gasteiger partial charge in [0.2, 0.25) is 20.0 Å². The Balaban J connectivity index is 1.78. The zero-order chi connectivity index (χ0) is 23.4. The number of rotatable bonds is 7. The molecule has 1 aliphatic heterocycles. The Labute approximate surface area is 190 Å². The Morgan fingerprint density at radius 1 is 0.938 bits per heavy atom. The lowest BCUT2D eigenvalue weighted by Crippen LogP contribution is -2.32. The van der Waals surface area contributed by atoms with E-state index in [1.54, 1.807) is 30.3 Å². The maximum Gasteiger partial charge on any atom is 0.251 e. The van der Waals surface area contributed by atoms with Crippen molar-refractivity contribution in [3.05, 3.63) is 59.7 Å². The van der Waals surface area contributed by atoms with Crippen LogP contribution in [-0.2, 0) is 26.6 Å². The molecule has 0 unspecified atom stereocenters. The van der Waals surface area contributed by atoms with Crippen LogP contribution in [0.1, 0.15) is 41.6 Å². The molecule has 0 atom stereocenters. The number of nitrogens with zero attached hydrogens (tertiary/aromatic N) is 2. The molecular weight excluding hydrogens is 450 g/mol. The summed E-state index contributed by atoms with van der Waals surface area (Å²) in [5, 5.41) is 2.70. The lowest BCUT2D eigenvalue weighted by Gasteiger charge is -2.20. The van der Waals surface area contributed by atoms with E-state index in [0.29, 0.717) is 18.7 Å². The molecule has 3 rings (SSSR count). The van der Waals surface area contributed by atoms with Crippen molar-refractivity contribution in [2.75, 3.05) is 27.2 Å². The predicted octanol–water partition coefficient (Wildman–Crippen LogP) is 2.43. The molecule has 8 nitrogen and oxygen atoms in total. The smallest absolute Gasteiger partial charge is 0.251 e. The molecule has 1 aliphatic rings. The summed E-state index contributed by atoms with van der Waals surface area (Å²) in [6.45, 7) is 0.955. The van der Waals surface area contributed by atoms with E-state index in [1.807, 2.05) is 0 Å². The molecular formula is C22H29N3O5S2. The highest BCUT2D eigenvalue weighted by Crippen LogP contribution is 2.22. The molecule has 0 aromatic heterocycles. The van der Waals surface area contributed by atoms with Crippen molar-refractivity contribution in [1.82, 2.24) is 13.9 Å². The number of hydrogen-bond acceptors (Lipinski definition) is 5. The largest absolute Gasteiger partial charge is 0.348 e. The van der Waals surface area contributed by atoms with E-state index in [-0.39, 0.29) is 21.9 Å². The summed E-state index contributed by atoms with van der Waals surface area (Å²) >= 11 is 0. The van der Waals surface area contributed by atoms with E-state index in [9.17, 15) is 21.6 Å². The second-order valence-electron chi connectivity index (χ2n) is 7.92. The van der Waals surface area contributed by atoms with Crippen LogP contribution in [0.2, 0.25) is 0 Å². The summed E-state index contributed by atoms with van der Waals surface area (Å²) < 4.78 is 53.8. The fourth-order valence-electron chi connectivity index (χ4n) is 3.60. The third kappa shape index (κ3) is 5.37. The summed E-state index contributed by atoms with van der Waals surface area (Å²) in [6.07, 6.45) is 3.68. The Hall–Kier alpha value is -2.27. The van der Waals surface area contributed by atoms with Gasteiger partial charge in [-0.2, -0.15) is 4.31 Å². The van der Waals surface area contributed by atoms with Gasteiger partial charge in [0, 0.05) is 39.3 Å². The van der Waals surface area contributed by atoms with Crippen LogP contribution in [0.3, 0.4) is 0 Å². The predicted molar refractivity (Wildman–Crippen MR) is 122 cm³/mol. The molecule has 0 bridgehead atoms. The molecule has 1 heterocycles. The van der Waals surface area contributed by atoms with Gasteiger partial charge in [0.05, 0.1) is 9.79 Å². The van der Waals surface area contributed by atoms with Gasteiger partial charge in [-0.3, -0.25) is 4.79 Å². The second-order valence-corrected chi connectivity index (χ2v) is 12.0. The third-order valence-electron chi connectivity index (χ3n) is 5.47. The zero-order valence-corrected chi connectivity index (χ0v) is 20.0. The van der Waals surface area contributed by atoms with E-state index >= 15 is 0 Å². The molecule has 0 aliphatic carbocycles. The van der Waals surface area contributed by atoms with Gasteiger partial charge in [-0.1, -0.05) is 37.1 Å². The fourth-order valence-corrected chi connectivity index (χ4v) is 6.28. The maximum absolute atomic E-state index is 13.0. The van der Waals surface area contributed by atoms with E-state index in [2.05, 4.69) is 5.32 Å². The summed E-state index contributed by atoms with van der Waals surface area (Å²) in [5.41, 5.74) is 0.650. The zero-order valence-electron chi connectivity index (χ0n) is 18.3. The number of sulfonamides is 2. The standard InChI is InChI=1S/C22H29N3O5S2/c1-24(2)32(29,30)21-13-6-5-10-19(21)17-23-22(26)18-11-9-12-20(16-18)31(27,28)25-14-7-3-4-8-15-25/h5-6,9-13,16H,3-4,7-8,14-15,17H2,1-2H3,(H,23,26). The average Bonchev–Trinajstić information content (AvgIpc) is 3.08. The minimum absolute atomic E-state index is 0.00875.